The number of thiophene rings is 1. The first kappa shape index (κ1) is 18.2. The summed E-state index contributed by atoms with van der Waals surface area (Å²) in [7, 11) is 0. The van der Waals surface area contributed by atoms with E-state index in [9.17, 15) is 9.59 Å². The van der Waals surface area contributed by atoms with Crippen LogP contribution in [0, 0.1) is 6.92 Å². The third kappa shape index (κ3) is 4.05. The molecule has 144 valence electrons. The molecule has 1 saturated heterocycles. The van der Waals surface area contributed by atoms with E-state index in [1.54, 1.807) is 18.3 Å². The summed E-state index contributed by atoms with van der Waals surface area (Å²) in [6.07, 6.45) is 3.32. The third-order valence-electron chi connectivity index (χ3n) is 5.38. The Hall–Kier alpha value is -2.22. The van der Waals surface area contributed by atoms with Crippen LogP contribution in [0.25, 0.3) is 0 Å². The summed E-state index contributed by atoms with van der Waals surface area (Å²) in [4.78, 5) is 34.5. The van der Waals surface area contributed by atoms with E-state index in [4.69, 9.17) is 4.52 Å². The number of likely N-dealkylation sites (tertiary alicyclic amines) is 1. The predicted octanol–water partition coefficient (Wildman–Crippen LogP) is 2.51. The summed E-state index contributed by atoms with van der Waals surface area (Å²) in [5, 5.41) is 5.93. The van der Waals surface area contributed by atoms with Crippen LogP contribution in [0.1, 0.15) is 53.8 Å². The molecule has 0 N–H and O–H groups in total. The zero-order chi connectivity index (χ0) is 18.8. The number of piperidine rings is 1. The van der Waals surface area contributed by atoms with Gasteiger partial charge in [0.15, 0.2) is 5.82 Å². The smallest absolute Gasteiger partial charge is 0.231 e. The van der Waals surface area contributed by atoms with Gasteiger partial charge in [-0.25, -0.2) is 0 Å². The van der Waals surface area contributed by atoms with Gasteiger partial charge in [-0.2, -0.15) is 4.98 Å². The number of aromatic nitrogens is 2. The van der Waals surface area contributed by atoms with Gasteiger partial charge in [-0.05, 0) is 43.2 Å². The Balaban J connectivity index is 1.28. The second-order valence-corrected chi connectivity index (χ2v) is 8.29. The predicted molar refractivity (Wildman–Crippen MR) is 100 cm³/mol. The van der Waals surface area contributed by atoms with Crippen LogP contribution in [-0.4, -0.2) is 51.4 Å². The molecule has 2 amide bonds. The number of fused-ring (bicyclic) bond motifs is 1. The lowest BCUT2D eigenvalue weighted by atomic mass is 9.97. The summed E-state index contributed by atoms with van der Waals surface area (Å²) in [6.45, 7) is 4.55. The van der Waals surface area contributed by atoms with E-state index in [0.717, 1.165) is 32.4 Å². The third-order valence-corrected chi connectivity index (χ3v) is 6.40. The molecule has 2 aromatic heterocycles. The molecule has 2 aromatic rings. The average Bonchev–Trinajstić information content (AvgIpc) is 3.34. The van der Waals surface area contributed by atoms with Crippen molar-refractivity contribution >= 4 is 23.2 Å². The van der Waals surface area contributed by atoms with Crippen LogP contribution in [0.4, 0.5) is 0 Å². The summed E-state index contributed by atoms with van der Waals surface area (Å²) in [6, 6.07) is 2.09. The molecule has 1 unspecified atom stereocenters. The van der Waals surface area contributed by atoms with Gasteiger partial charge >= 0.3 is 0 Å². The molecule has 0 bridgehead atoms. The largest absolute Gasteiger partial charge is 0.342 e. The van der Waals surface area contributed by atoms with E-state index in [1.165, 1.54) is 10.4 Å². The maximum Gasteiger partial charge on any atom is 0.231 e. The van der Waals surface area contributed by atoms with Gasteiger partial charge in [0, 0.05) is 43.9 Å². The van der Waals surface area contributed by atoms with Crippen molar-refractivity contribution in [2.45, 2.75) is 51.5 Å². The highest BCUT2D eigenvalue weighted by Crippen LogP contribution is 2.27. The van der Waals surface area contributed by atoms with Gasteiger partial charge in [-0.1, -0.05) is 5.16 Å². The molecule has 2 aliphatic rings. The van der Waals surface area contributed by atoms with Crippen molar-refractivity contribution in [3.8, 4) is 0 Å². The Morgan fingerprint density at radius 1 is 1.26 bits per heavy atom. The van der Waals surface area contributed by atoms with Gasteiger partial charge in [0.25, 0.3) is 0 Å². The van der Waals surface area contributed by atoms with Crippen LogP contribution in [0.15, 0.2) is 16.0 Å². The molecule has 2 aliphatic heterocycles. The minimum atomic E-state index is 0.0394. The van der Waals surface area contributed by atoms with E-state index in [-0.39, 0.29) is 30.6 Å². The highest BCUT2D eigenvalue weighted by Gasteiger charge is 2.29. The molecule has 4 heterocycles. The number of aryl methyl sites for hydroxylation is 1. The first-order chi connectivity index (χ1) is 13.1. The molecule has 27 heavy (non-hydrogen) atoms. The Morgan fingerprint density at radius 2 is 2.07 bits per heavy atom. The second-order valence-electron chi connectivity index (χ2n) is 7.29. The van der Waals surface area contributed by atoms with E-state index in [0.29, 0.717) is 24.8 Å². The summed E-state index contributed by atoms with van der Waals surface area (Å²) in [5.74, 6) is 1.44. The minimum absolute atomic E-state index is 0.0394. The maximum absolute atomic E-state index is 12.6. The normalized spacial score (nSPS) is 19.8. The monoisotopic (exact) mass is 388 g/mol. The quantitative estimate of drug-likeness (QED) is 0.804. The van der Waals surface area contributed by atoms with Crippen molar-refractivity contribution in [3.63, 3.8) is 0 Å². The minimum Gasteiger partial charge on any atom is -0.342 e. The molecule has 0 aromatic carbocycles. The molecule has 1 fully saturated rings. The molecule has 0 spiro atoms. The van der Waals surface area contributed by atoms with E-state index in [1.807, 2.05) is 9.80 Å². The van der Waals surface area contributed by atoms with E-state index in [2.05, 4.69) is 21.6 Å². The standard InChI is InChI=1S/C19H24N4O3S/c1-13-20-19(26-21-13)15-3-2-8-22(12-15)17(24)4-5-18(25)23-9-6-16-14(11-23)7-10-27-16/h7,10,15H,2-6,8-9,11-12H2,1H3. The fourth-order valence-corrected chi connectivity index (χ4v) is 4.77. The number of amides is 2. The van der Waals surface area contributed by atoms with Crippen molar-refractivity contribution in [2.24, 2.45) is 0 Å². The van der Waals surface area contributed by atoms with Crippen LogP contribution in [0.3, 0.4) is 0 Å². The summed E-state index contributed by atoms with van der Waals surface area (Å²) < 4.78 is 5.27. The van der Waals surface area contributed by atoms with Gasteiger partial charge in [0.1, 0.15) is 0 Å². The van der Waals surface area contributed by atoms with Gasteiger partial charge in [0.05, 0.1) is 5.92 Å². The van der Waals surface area contributed by atoms with Crippen LogP contribution in [0.2, 0.25) is 0 Å². The topological polar surface area (TPSA) is 79.5 Å². The molecular formula is C19H24N4O3S. The number of carbonyl (C=O) groups excluding carboxylic acids is 2. The molecular weight excluding hydrogens is 364 g/mol. The van der Waals surface area contributed by atoms with Crippen LogP contribution >= 0.6 is 11.3 Å². The number of rotatable bonds is 4. The van der Waals surface area contributed by atoms with Gasteiger partial charge < -0.3 is 14.3 Å². The summed E-state index contributed by atoms with van der Waals surface area (Å²) in [5.41, 5.74) is 1.25. The maximum atomic E-state index is 12.6. The molecule has 4 rings (SSSR count). The number of carbonyl (C=O) groups is 2. The number of nitrogens with zero attached hydrogens (tertiary/aromatic N) is 4. The van der Waals surface area contributed by atoms with Crippen molar-refractivity contribution in [1.29, 1.82) is 0 Å². The van der Waals surface area contributed by atoms with E-state index < -0.39 is 0 Å². The van der Waals surface area contributed by atoms with Crippen LogP contribution < -0.4 is 0 Å². The molecule has 0 saturated carbocycles. The lowest BCUT2D eigenvalue weighted by molar-refractivity contribution is -0.138. The van der Waals surface area contributed by atoms with Gasteiger partial charge in [0.2, 0.25) is 17.7 Å². The lowest BCUT2D eigenvalue weighted by Crippen LogP contribution is -2.40. The van der Waals surface area contributed by atoms with Crippen molar-refractivity contribution in [1.82, 2.24) is 19.9 Å². The second kappa shape index (κ2) is 7.80. The number of hydrogen-bond donors (Lipinski definition) is 0. The van der Waals surface area contributed by atoms with Crippen molar-refractivity contribution in [3.05, 3.63) is 33.6 Å². The van der Waals surface area contributed by atoms with Gasteiger partial charge in [-0.15, -0.1) is 11.3 Å². The molecule has 7 nitrogen and oxygen atoms in total. The molecule has 0 aliphatic carbocycles. The van der Waals surface area contributed by atoms with Crippen molar-refractivity contribution in [2.75, 3.05) is 19.6 Å². The molecule has 1 atom stereocenters. The van der Waals surface area contributed by atoms with Crippen molar-refractivity contribution < 1.29 is 14.1 Å². The fraction of sp³-hybridized carbons (Fsp3) is 0.579. The fourth-order valence-electron chi connectivity index (χ4n) is 3.88. The first-order valence-electron chi connectivity index (χ1n) is 9.51. The molecule has 8 heteroatoms. The van der Waals surface area contributed by atoms with Crippen LogP contribution in [-0.2, 0) is 22.6 Å². The molecule has 0 radical (unpaired) electrons. The average molecular weight is 388 g/mol. The van der Waals surface area contributed by atoms with E-state index >= 15 is 0 Å². The first-order valence-corrected chi connectivity index (χ1v) is 10.4. The Labute approximate surface area is 162 Å². The Bertz CT molecular complexity index is 831. The number of hydrogen-bond acceptors (Lipinski definition) is 6. The summed E-state index contributed by atoms with van der Waals surface area (Å²) >= 11 is 1.76. The Morgan fingerprint density at radius 3 is 2.85 bits per heavy atom. The highest BCUT2D eigenvalue weighted by molar-refractivity contribution is 7.10. The zero-order valence-corrected chi connectivity index (χ0v) is 16.3. The zero-order valence-electron chi connectivity index (χ0n) is 15.5. The Kier molecular flexibility index (Phi) is 5.24. The van der Waals surface area contributed by atoms with Gasteiger partial charge in [-0.3, -0.25) is 9.59 Å². The SMILES string of the molecule is Cc1noc(C2CCCN(C(=O)CCC(=O)N3CCc4sccc4C3)C2)n1. The lowest BCUT2D eigenvalue weighted by Gasteiger charge is -2.31. The highest BCUT2D eigenvalue weighted by atomic mass is 32.1. The van der Waals surface area contributed by atoms with Crippen LogP contribution in [0.5, 0.6) is 0 Å².